The minimum atomic E-state index is -1.18. The number of rotatable bonds is 4. The van der Waals surface area contributed by atoms with Gasteiger partial charge in [0.1, 0.15) is 12.1 Å². The van der Waals surface area contributed by atoms with Crippen LogP contribution in [-0.4, -0.2) is 31.9 Å². The standard InChI is InChI=1S/C16H13N5O3/c1-9-6-10-4-2-3-5-11(10)17-16(9)12-7-14-20(18-12)21(14)19-13(22)8-15(23)24/h2-7H,8H2,1H3,(H,19,22)(H,23,24). The molecule has 3 aromatic rings. The van der Waals surface area contributed by atoms with E-state index in [0.717, 1.165) is 22.2 Å². The zero-order valence-electron chi connectivity index (χ0n) is 12.7. The summed E-state index contributed by atoms with van der Waals surface area (Å²) in [7, 11) is 0. The number of carbonyl (C=O) groups is 2. The van der Waals surface area contributed by atoms with Gasteiger partial charge in [-0.05, 0) is 24.6 Å². The Balaban J connectivity index is 1.57. The van der Waals surface area contributed by atoms with E-state index < -0.39 is 18.3 Å². The maximum atomic E-state index is 11.4. The van der Waals surface area contributed by atoms with Gasteiger partial charge in [-0.3, -0.25) is 9.59 Å². The van der Waals surface area contributed by atoms with Crippen LogP contribution in [0, 0.1) is 6.92 Å². The first-order valence-corrected chi connectivity index (χ1v) is 7.31. The first kappa shape index (κ1) is 14.2. The number of hydrogen-bond acceptors (Lipinski definition) is 5. The lowest BCUT2D eigenvalue weighted by atomic mass is 10.1. The van der Waals surface area contributed by atoms with E-state index in [1.165, 1.54) is 9.91 Å². The summed E-state index contributed by atoms with van der Waals surface area (Å²) in [6.45, 7) is 1.97. The van der Waals surface area contributed by atoms with Gasteiger partial charge in [0.05, 0.1) is 11.2 Å². The van der Waals surface area contributed by atoms with E-state index in [1.54, 1.807) is 6.07 Å². The number of fused-ring (bicyclic) bond motifs is 2. The van der Waals surface area contributed by atoms with Crippen LogP contribution in [0.15, 0.2) is 36.4 Å². The molecule has 0 saturated heterocycles. The van der Waals surface area contributed by atoms with Crippen LogP contribution in [-0.2, 0) is 9.59 Å². The van der Waals surface area contributed by atoms with Gasteiger partial charge in [0.2, 0.25) is 0 Å². The summed E-state index contributed by atoms with van der Waals surface area (Å²) in [5, 5.41) is 15.4. The monoisotopic (exact) mass is 323 g/mol. The summed E-state index contributed by atoms with van der Waals surface area (Å²) >= 11 is 0. The van der Waals surface area contributed by atoms with Gasteiger partial charge in [0, 0.05) is 11.5 Å². The number of aliphatic carboxylic acids is 1. The Labute approximate surface area is 136 Å². The number of nitrogens with one attached hydrogen (secondary N) is 1. The fourth-order valence-electron chi connectivity index (χ4n) is 2.61. The first-order chi connectivity index (χ1) is 11.5. The van der Waals surface area contributed by atoms with E-state index in [0.29, 0.717) is 11.5 Å². The molecule has 2 N–H and O–H groups in total. The molecule has 1 aromatic carbocycles. The van der Waals surface area contributed by atoms with Crippen LogP contribution in [0.5, 0.6) is 0 Å². The number of hydrazine groups is 1. The van der Waals surface area contributed by atoms with Crippen molar-refractivity contribution in [1.82, 2.24) is 20.3 Å². The van der Waals surface area contributed by atoms with Gasteiger partial charge in [0.15, 0.2) is 5.82 Å². The van der Waals surface area contributed by atoms with Crippen molar-refractivity contribution in [3.63, 3.8) is 0 Å². The number of carbonyl (C=O) groups excluding carboxylic acids is 1. The van der Waals surface area contributed by atoms with Crippen LogP contribution in [0.4, 0.5) is 5.82 Å². The molecule has 0 bridgehead atoms. The van der Waals surface area contributed by atoms with Crippen LogP contribution >= 0.6 is 0 Å². The largest absolute Gasteiger partial charge is 0.481 e. The average Bonchev–Trinajstić information content (AvgIpc) is 2.97. The van der Waals surface area contributed by atoms with Crippen LogP contribution in [0.2, 0.25) is 0 Å². The van der Waals surface area contributed by atoms with Crippen molar-refractivity contribution in [2.45, 2.75) is 13.3 Å². The summed E-state index contributed by atoms with van der Waals surface area (Å²) in [6.07, 6.45) is -0.584. The number of anilines is 1. The predicted molar refractivity (Wildman–Crippen MR) is 86.0 cm³/mol. The van der Waals surface area contributed by atoms with Crippen molar-refractivity contribution in [2.75, 3.05) is 5.12 Å². The van der Waals surface area contributed by atoms with Crippen LogP contribution in [0.1, 0.15) is 12.0 Å². The van der Waals surface area contributed by atoms with E-state index >= 15 is 0 Å². The molecule has 1 amide bonds. The molecule has 4 rings (SSSR count). The minimum absolute atomic E-state index is 0.584. The third kappa shape index (κ3) is 2.34. The van der Waals surface area contributed by atoms with Gasteiger partial charge in [-0.25, -0.2) is 10.4 Å². The Morgan fingerprint density at radius 3 is 2.75 bits per heavy atom. The average molecular weight is 323 g/mol. The molecule has 120 valence electrons. The van der Waals surface area contributed by atoms with Crippen LogP contribution in [0.3, 0.4) is 0 Å². The maximum Gasteiger partial charge on any atom is 0.312 e. The summed E-state index contributed by atoms with van der Waals surface area (Å²) in [5.74, 6) is -1.10. The first-order valence-electron chi connectivity index (χ1n) is 7.31. The minimum Gasteiger partial charge on any atom is -0.481 e. The molecule has 24 heavy (non-hydrogen) atoms. The van der Waals surface area contributed by atoms with E-state index in [4.69, 9.17) is 5.11 Å². The number of nitrogens with zero attached hydrogens (tertiary/aromatic N) is 4. The molecular weight excluding hydrogens is 310 g/mol. The quantitative estimate of drug-likeness (QED) is 0.557. The fraction of sp³-hybridized carbons (Fsp3) is 0.125. The third-order valence-electron chi connectivity index (χ3n) is 3.74. The number of benzene rings is 1. The van der Waals surface area contributed by atoms with Crippen molar-refractivity contribution in [3.8, 4) is 11.4 Å². The lowest BCUT2D eigenvalue weighted by Crippen LogP contribution is -2.35. The summed E-state index contributed by atoms with van der Waals surface area (Å²) in [4.78, 5) is 28.1. The number of amides is 1. The van der Waals surface area contributed by atoms with Gasteiger partial charge in [-0.2, -0.15) is 0 Å². The van der Waals surface area contributed by atoms with Crippen LogP contribution < -0.4 is 10.5 Å². The predicted octanol–water partition coefficient (Wildman–Crippen LogP) is 1.50. The molecular formula is C16H13N5O3. The summed E-state index contributed by atoms with van der Waals surface area (Å²) in [6, 6.07) is 11.7. The van der Waals surface area contributed by atoms with Crippen molar-refractivity contribution in [2.24, 2.45) is 0 Å². The Morgan fingerprint density at radius 2 is 2.04 bits per heavy atom. The van der Waals surface area contributed by atoms with Crippen molar-refractivity contribution in [3.05, 3.63) is 42.0 Å². The van der Waals surface area contributed by atoms with Gasteiger partial charge < -0.3 is 5.11 Å². The molecule has 8 nitrogen and oxygen atoms in total. The Bertz CT molecular complexity index is 973. The lowest BCUT2D eigenvalue weighted by molar-refractivity contribution is -0.140. The molecule has 0 radical (unpaired) electrons. The molecule has 0 saturated carbocycles. The van der Waals surface area contributed by atoms with Gasteiger partial charge >= 0.3 is 5.97 Å². The number of pyridine rings is 1. The van der Waals surface area contributed by atoms with Crippen molar-refractivity contribution in [1.29, 1.82) is 0 Å². The molecule has 2 aromatic heterocycles. The summed E-state index contributed by atoms with van der Waals surface area (Å²) in [5.41, 5.74) is 5.83. The molecule has 8 heteroatoms. The zero-order valence-corrected chi connectivity index (χ0v) is 12.7. The van der Waals surface area contributed by atoms with Gasteiger partial charge in [-0.1, -0.05) is 18.2 Å². The lowest BCUT2D eigenvalue weighted by Gasteiger charge is -2.07. The molecule has 0 spiro atoms. The summed E-state index contributed by atoms with van der Waals surface area (Å²) < 4.78 is 0. The number of carboxylic acid groups (broad SMARTS) is 1. The third-order valence-corrected chi connectivity index (χ3v) is 3.74. The maximum absolute atomic E-state index is 11.4. The van der Waals surface area contributed by atoms with E-state index in [-0.39, 0.29) is 0 Å². The second-order valence-electron chi connectivity index (χ2n) is 5.54. The smallest absolute Gasteiger partial charge is 0.312 e. The number of para-hydroxylation sites is 1. The second-order valence-corrected chi connectivity index (χ2v) is 5.54. The van der Waals surface area contributed by atoms with Crippen molar-refractivity contribution >= 4 is 28.6 Å². The van der Waals surface area contributed by atoms with Crippen LogP contribution in [0.25, 0.3) is 22.3 Å². The Hall–Kier alpha value is -3.42. The second kappa shape index (κ2) is 5.05. The Kier molecular flexibility index (Phi) is 2.99. The molecule has 0 unspecified atom stereocenters. The molecule has 0 fully saturated rings. The highest BCUT2D eigenvalue weighted by molar-refractivity contribution is 5.94. The zero-order chi connectivity index (χ0) is 16.8. The van der Waals surface area contributed by atoms with Gasteiger partial charge in [0.25, 0.3) is 5.91 Å². The fourth-order valence-corrected chi connectivity index (χ4v) is 2.61. The van der Waals surface area contributed by atoms with E-state index in [2.05, 4.69) is 21.6 Å². The molecule has 0 atom stereocenters. The SMILES string of the molecule is Cc1cc2ccccc2nc1-c1cc2n(n1)N2NC(=O)CC(=O)O. The highest BCUT2D eigenvalue weighted by Crippen LogP contribution is 2.34. The highest BCUT2D eigenvalue weighted by Gasteiger charge is 2.34. The van der Waals surface area contributed by atoms with Crippen molar-refractivity contribution < 1.29 is 14.7 Å². The van der Waals surface area contributed by atoms with E-state index in [1.807, 2.05) is 31.2 Å². The molecule has 3 heterocycles. The van der Waals surface area contributed by atoms with E-state index in [9.17, 15) is 9.59 Å². The molecule has 1 aliphatic heterocycles. The normalized spacial score (nSPS) is 12.1. The number of aryl methyl sites for hydroxylation is 1. The topological polar surface area (TPSA) is 100 Å². The number of aromatic nitrogens is 3. The Morgan fingerprint density at radius 1 is 1.25 bits per heavy atom. The number of hydrogen-bond donors (Lipinski definition) is 2. The van der Waals surface area contributed by atoms with Gasteiger partial charge in [-0.15, -0.1) is 15.0 Å². The highest BCUT2D eigenvalue weighted by atomic mass is 16.4. The number of carboxylic acids is 1. The molecule has 0 aliphatic carbocycles. The molecule has 1 aliphatic rings.